The summed E-state index contributed by atoms with van der Waals surface area (Å²) in [5.74, 6) is -0.00988. The molecule has 2 fully saturated rings. The van der Waals surface area contributed by atoms with Crippen LogP contribution in [0.25, 0.3) is 0 Å². The number of pyridine rings is 1. The molecule has 0 aromatic carbocycles. The molecule has 0 bridgehead atoms. The van der Waals surface area contributed by atoms with Gasteiger partial charge in [-0.1, -0.05) is 12.1 Å². The van der Waals surface area contributed by atoms with Gasteiger partial charge in [0.25, 0.3) is 0 Å². The van der Waals surface area contributed by atoms with Crippen LogP contribution in [0.4, 0.5) is 0 Å². The molecule has 2 aromatic heterocycles. The van der Waals surface area contributed by atoms with E-state index in [0.717, 1.165) is 31.5 Å². The minimum Gasteiger partial charge on any atom is -0.363 e. The zero-order valence-electron chi connectivity index (χ0n) is 13.4. The van der Waals surface area contributed by atoms with E-state index in [4.69, 9.17) is 4.74 Å². The molecule has 2 aliphatic heterocycles. The van der Waals surface area contributed by atoms with E-state index < -0.39 is 0 Å². The first kappa shape index (κ1) is 15.7. The number of hydrogen-bond donors (Lipinski definition) is 1. The van der Waals surface area contributed by atoms with Crippen LogP contribution < -0.4 is 5.32 Å². The Kier molecular flexibility index (Phi) is 4.60. The first-order valence-electron chi connectivity index (χ1n) is 8.38. The summed E-state index contributed by atoms with van der Waals surface area (Å²) in [5, 5.41) is 5.08. The van der Waals surface area contributed by atoms with Gasteiger partial charge in [-0.15, -0.1) is 11.3 Å². The first-order chi connectivity index (χ1) is 11.8. The number of amides is 1. The monoisotopic (exact) mass is 343 g/mol. The molecule has 6 heteroatoms. The maximum atomic E-state index is 12.4. The van der Waals surface area contributed by atoms with Crippen LogP contribution in [0.15, 0.2) is 42.0 Å². The molecule has 5 nitrogen and oxygen atoms in total. The van der Waals surface area contributed by atoms with Gasteiger partial charge in [-0.05, 0) is 29.5 Å². The molecule has 0 aliphatic carbocycles. The maximum absolute atomic E-state index is 12.4. The average molecular weight is 343 g/mol. The van der Waals surface area contributed by atoms with Crippen LogP contribution in [0.1, 0.15) is 23.3 Å². The highest BCUT2D eigenvalue weighted by Crippen LogP contribution is 2.34. The molecule has 1 N–H and O–H groups in total. The Morgan fingerprint density at radius 2 is 2.38 bits per heavy atom. The Labute approximate surface area is 145 Å². The number of hydrogen-bond acceptors (Lipinski definition) is 5. The number of carbonyl (C=O) groups excluding carboxylic acids is 1. The zero-order valence-corrected chi connectivity index (χ0v) is 14.2. The van der Waals surface area contributed by atoms with Gasteiger partial charge in [-0.25, -0.2) is 0 Å². The normalized spacial score (nSPS) is 26.4. The van der Waals surface area contributed by atoms with E-state index in [0.29, 0.717) is 12.6 Å². The van der Waals surface area contributed by atoms with Crippen molar-refractivity contribution >= 4 is 17.2 Å². The molecule has 3 atom stereocenters. The van der Waals surface area contributed by atoms with E-state index in [9.17, 15) is 4.79 Å². The quantitative estimate of drug-likeness (QED) is 0.904. The van der Waals surface area contributed by atoms with Gasteiger partial charge in [0.1, 0.15) is 6.10 Å². The summed E-state index contributed by atoms with van der Waals surface area (Å²) < 4.78 is 6.02. The first-order valence-corrected chi connectivity index (χ1v) is 9.26. The lowest BCUT2D eigenvalue weighted by Gasteiger charge is -2.21. The number of thiophene rings is 1. The van der Waals surface area contributed by atoms with Crippen molar-refractivity contribution in [1.82, 2.24) is 15.2 Å². The van der Waals surface area contributed by atoms with Crippen LogP contribution in [-0.2, 0) is 22.6 Å². The molecular weight excluding hydrogens is 322 g/mol. The summed E-state index contributed by atoms with van der Waals surface area (Å²) in [7, 11) is 0. The van der Waals surface area contributed by atoms with E-state index in [1.54, 1.807) is 23.7 Å². The lowest BCUT2D eigenvalue weighted by atomic mass is 10.1. The second-order valence-electron chi connectivity index (χ2n) is 6.38. The summed E-state index contributed by atoms with van der Waals surface area (Å²) in [4.78, 5) is 20.3. The topological polar surface area (TPSA) is 54.5 Å². The highest BCUT2D eigenvalue weighted by molar-refractivity contribution is 7.09. The van der Waals surface area contributed by atoms with E-state index in [-0.39, 0.29) is 18.1 Å². The Bertz CT molecular complexity index is 677. The molecule has 0 spiro atoms. The minimum atomic E-state index is -0.331. The van der Waals surface area contributed by atoms with Gasteiger partial charge in [0.2, 0.25) is 5.91 Å². The molecule has 4 rings (SSSR count). The average Bonchev–Trinajstić information content (AvgIpc) is 3.32. The summed E-state index contributed by atoms with van der Waals surface area (Å²) in [5.41, 5.74) is 1.00. The van der Waals surface area contributed by atoms with E-state index in [2.05, 4.69) is 32.7 Å². The van der Waals surface area contributed by atoms with Crippen molar-refractivity contribution in [3.05, 3.63) is 52.5 Å². The molecule has 1 amide bonds. The van der Waals surface area contributed by atoms with Crippen LogP contribution in [-0.4, -0.2) is 40.6 Å². The predicted octanol–water partition coefficient (Wildman–Crippen LogP) is 2.19. The van der Waals surface area contributed by atoms with Gasteiger partial charge < -0.3 is 10.1 Å². The molecular formula is C18H21N3O2S. The number of rotatable bonds is 5. The SMILES string of the molecule is O=C(NCc1cccnc1)[C@@H]1C[C@@H]2[C@@H](CCN2Cc2cccs2)O1. The molecule has 2 aliphatic rings. The fourth-order valence-electron chi connectivity index (χ4n) is 3.61. The van der Waals surface area contributed by atoms with Gasteiger partial charge in [0, 0.05) is 49.4 Å². The standard InChI is InChI=1S/C18H21N3O2S/c22-18(20-11-13-3-1-6-19-10-13)17-9-15-16(23-17)5-7-21(15)12-14-4-2-8-24-14/h1-4,6,8,10,15-17H,5,7,9,11-12H2,(H,20,22)/t15-,16-,17+/m1/s1. The van der Waals surface area contributed by atoms with Crippen molar-refractivity contribution in [2.75, 3.05) is 6.54 Å². The summed E-state index contributed by atoms with van der Waals surface area (Å²) in [6.07, 6.45) is 5.17. The molecule has 2 aromatic rings. The number of carbonyl (C=O) groups is 1. The Morgan fingerprint density at radius 1 is 1.42 bits per heavy atom. The van der Waals surface area contributed by atoms with E-state index >= 15 is 0 Å². The third-order valence-corrected chi connectivity index (χ3v) is 5.68. The molecule has 24 heavy (non-hydrogen) atoms. The lowest BCUT2D eigenvalue weighted by molar-refractivity contribution is -0.132. The third kappa shape index (κ3) is 3.36. The maximum Gasteiger partial charge on any atom is 0.249 e. The third-order valence-electron chi connectivity index (χ3n) is 4.81. The van der Waals surface area contributed by atoms with Crippen LogP contribution in [0.5, 0.6) is 0 Å². The highest BCUT2D eigenvalue weighted by Gasteiger charge is 2.45. The minimum absolute atomic E-state index is 0.00988. The lowest BCUT2D eigenvalue weighted by Crippen LogP contribution is -2.36. The molecule has 126 valence electrons. The predicted molar refractivity (Wildman–Crippen MR) is 92.5 cm³/mol. The molecule has 4 heterocycles. The highest BCUT2D eigenvalue weighted by atomic mass is 32.1. The van der Waals surface area contributed by atoms with Crippen molar-refractivity contribution in [2.45, 2.75) is 44.2 Å². The van der Waals surface area contributed by atoms with Crippen LogP contribution >= 0.6 is 11.3 Å². The Balaban J connectivity index is 1.31. The fourth-order valence-corrected chi connectivity index (χ4v) is 4.33. The van der Waals surface area contributed by atoms with Gasteiger partial charge in [-0.3, -0.25) is 14.7 Å². The van der Waals surface area contributed by atoms with Gasteiger partial charge in [0.05, 0.1) is 6.10 Å². The van der Waals surface area contributed by atoms with Crippen LogP contribution in [0.2, 0.25) is 0 Å². The smallest absolute Gasteiger partial charge is 0.249 e. The van der Waals surface area contributed by atoms with Gasteiger partial charge in [0.15, 0.2) is 0 Å². The fraction of sp³-hybridized carbons (Fsp3) is 0.444. The number of likely N-dealkylation sites (tertiary alicyclic amines) is 1. The number of fused-ring (bicyclic) bond motifs is 1. The number of nitrogens with zero attached hydrogens (tertiary/aromatic N) is 2. The van der Waals surface area contributed by atoms with Crippen LogP contribution in [0.3, 0.4) is 0 Å². The van der Waals surface area contributed by atoms with E-state index in [1.807, 2.05) is 12.1 Å². The number of nitrogens with one attached hydrogen (secondary N) is 1. The van der Waals surface area contributed by atoms with E-state index in [1.165, 1.54) is 4.88 Å². The Hall–Kier alpha value is -1.76. The number of ether oxygens (including phenoxy) is 1. The molecule has 0 unspecified atom stereocenters. The summed E-state index contributed by atoms with van der Waals surface area (Å²) >= 11 is 1.79. The van der Waals surface area contributed by atoms with Crippen molar-refractivity contribution in [1.29, 1.82) is 0 Å². The van der Waals surface area contributed by atoms with Crippen molar-refractivity contribution in [3.8, 4) is 0 Å². The molecule has 2 saturated heterocycles. The Morgan fingerprint density at radius 3 is 3.17 bits per heavy atom. The number of aromatic nitrogens is 1. The molecule has 0 saturated carbocycles. The second-order valence-corrected chi connectivity index (χ2v) is 7.42. The largest absolute Gasteiger partial charge is 0.363 e. The summed E-state index contributed by atoms with van der Waals surface area (Å²) in [6.45, 7) is 2.52. The zero-order chi connectivity index (χ0) is 16.4. The van der Waals surface area contributed by atoms with Crippen molar-refractivity contribution in [2.24, 2.45) is 0 Å². The second kappa shape index (κ2) is 7.01. The van der Waals surface area contributed by atoms with Gasteiger partial charge >= 0.3 is 0 Å². The van der Waals surface area contributed by atoms with Crippen LogP contribution in [0, 0.1) is 0 Å². The summed E-state index contributed by atoms with van der Waals surface area (Å²) in [6, 6.07) is 8.46. The van der Waals surface area contributed by atoms with Crippen molar-refractivity contribution in [3.63, 3.8) is 0 Å². The van der Waals surface area contributed by atoms with Gasteiger partial charge in [-0.2, -0.15) is 0 Å². The van der Waals surface area contributed by atoms with Crippen molar-refractivity contribution < 1.29 is 9.53 Å². The molecule has 0 radical (unpaired) electrons.